The molecule has 0 aliphatic heterocycles. The van der Waals surface area contributed by atoms with Gasteiger partial charge in [-0.1, -0.05) is 11.8 Å². The minimum atomic E-state index is -0.300. The molecule has 1 aromatic carbocycles. The third kappa shape index (κ3) is 3.88. The van der Waals surface area contributed by atoms with Crippen LogP contribution in [0, 0.1) is 6.92 Å². The van der Waals surface area contributed by atoms with Gasteiger partial charge in [-0.05, 0) is 50.4 Å². The van der Waals surface area contributed by atoms with Crippen LogP contribution >= 0.6 is 11.8 Å². The molecule has 0 saturated carbocycles. The molecule has 0 fully saturated rings. The second kappa shape index (κ2) is 6.49. The van der Waals surface area contributed by atoms with E-state index >= 15 is 0 Å². The van der Waals surface area contributed by atoms with Gasteiger partial charge in [-0.25, -0.2) is 9.97 Å². The van der Waals surface area contributed by atoms with Crippen LogP contribution in [-0.2, 0) is 0 Å². The molecule has 0 aliphatic carbocycles. The SMILES string of the molecule is CSc1nc(C)cc(C(=O)Nc2ccc(C(C)=O)cc2)n1. The molecular weight excluding hydrogens is 286 g/mol. The van der Waals surface area contributed by atoms with Crippen LogP contribution in [0.2, 0.25) is 0 Å². The van der Waals surface area contributed by atoms with Crippen LogP contribution in [-0.4, -0.2) is 27.9 Å². The largest absolute Gasteiger partial charge is 0.321 e. The number of amides is 1. The molecule has 0 unspecified atom stereocenters. The molecule has 0 radical (unpaired) electrons. The Kier molecular flexibility index (Phi) is 4.70. The molecule has 0 saturated heterocycles. The highest BCUT2D eigenvalue weighted by atomic mass is 32.2. The lowest BCUT2D eigenvalue weighted by Crippen LogP contribution is -2.15. The van der Waals surface area contributed by atoms with E-state index < -0.39 is 0 Å². The highest BCUT2D eigenvalue weighted by Gasteiger charge is 2.11. The monoisotopic (exact) mass is 301 g/mol. The Balaban J connectivity index is 2.17. The van der Waals surface area contributed by atoms with E-state index in [1.807, 2.05) is 13.2 Å². The van der Waals surface area contributed by atoms with E-state index in [2.05, 4.69) is 15.3 Å². The Labute approximate surface area is 127 Å². The summed E-state index contributed by atoms with van der Waals surface area (Å²) in [6, 6.07) is 8.38. The smallest absolute Gasteiger partial charge is 0.274 e. The molecule has 108 valence electrons. The summed E-state index contributed by atoms with van der Waals surface area (Å²) in [5, 5.41) is 3.32. The molecule has 5 nitrogen and oxygen atoms in total. The Hall–Kier alpha value is -2.21. The van der Waals surface area contributed by atoms with Crippen LogP contribution in [0.4, 0.5) is 5.69 Å². The zero-order chi connectivity index (χ0) is 15.4. The van der Waals surface area contributed by atoms with Crippen LogP contribution in [0.3, 0.4) is 0 Å². The lowest BCUT2D eigenvalue weighted by Gasteiger charge is -2.07. The molecule has 6 heteroatoms. The third-order valence-electron chi connectivity index (χ3n) is 2.80. The van der Waals surface area contributed by atoms with Gasteiger partial charge in [-0.15, -0.1) is 0 Å². The van der Waals surface area contributed by atoms with Gasteiger partial charge >= 0.3 is 0 Å². The lowest BCUT2D eigenvalue weighted by atomic mass is 10.1. The fraction of sp³-hybridized carbons (Fsp3) is 0.200. The second-order valence-electron chi connectivity index (χ2n) is 4.47. The molecule has 1 amide bonds. The summed E-state index contributed by atoms with van der Waals surface area (Å²) in [5.41, 5.74) is 2.29. The number of benzene rings is 1. The van der Waals surface area contributed by atoms with Crippen molar-refractivity contribution < 1.29 is 9.59 Å². The molecule has 21 heavy (non-hydrogen) atoms. The lowest BCUT2D eigenvalue weighted by molar-refractivity contribution is 0.101. The minimum Gasteiger partial charge on any atom is -0.321 e. The van der Waals surface area contributed by atoms with E-state index in [1.165, 1.54) is 18.7 Å². The topological polar surface area (TPSA) is 72.0 Å². The van der Waals surface area contributed by atoms with Crippen molar-refractivity contribution in [2.75, 3.05) is 11.6 Å². The number of rotatable bonds is 4. The highest BCUT2D eigenvalue weighted by molar-refractivity contribution is 7.98. The summed E-state index contributed by atoms with van der Waals surface area (Å²) in [4.78, 5) is 31.8. The first-order valence-electron chi connectivity index (χ1n) is 6.31. The number of nitrogens with one attached hydrogen (secondary N) is 1. The number of carbonyl (C=O) groups is 2. The van der Waals surface area contributed by atoms with Crippen molar-refractivity contribution in [3.05, 3.63) is 47.3 Å². The predicted octanol–water partition coefficient (Wildman–Crippen LogP) is 2.96. The number of aromatic nitrogens is 2. The van der Waals surface area contributed by atoms with E-state index in [0.717, 1.165) is 5.69 Å². The van der Waals surface area contributed by atoms with E-state index in [9.17, 15) is 9.59 Å². The fourth-order valence-corrected chi connectivity index (χ4v) is 2.16. The van der Waals surface area contributed by atoms with Gasteiger partial charge in [0.25, 0.3) is 5.91 Å². The third-order valence-corrected chi connectivity index (χ3v) is 3.35. The molecule has 1 aromatic heterocycles. The maximum atomic E-state index is 12.2. The number of nitrogens with zero attached hydrogens (tertiary/aromatic N) is 2. The quantitative estimate of drug-likeness (QED) is 0.534. The summed E-state index contributed by atoms with van der Waals surface area (Å²) in [6.45, 7) is 3.32. The number of Topliss-reactive ketones (excluding diaryl/α,β-unsaturated/α-hetero) is 1. The van der Waals surface area contributed by atoms with Crippen molar-refractivity contribution in [2.24, 2.45) is 0 Å². The summed E-state index contributed by atoms with van der Waals surface area (Å²) < 4.78 is 0. The van der Waals surface area contributed by atoms with Crippen molar-refractivity contribution in [3.63, 3.8) is 0 Å². The number of anilines is 1. The number of hydrogen-bond acceptors (Lipinski definition) is 5. The zero-order valence-corrected chi connectivity index (χ0v) is 12.8. The average Bonchev–Trinajstić information content (AvgIpc) is 2.47. The van der Waals surface area contributed by atoms with Gasteiger partial charge < -0.3 is 5.32 Å². The van der Waals surface area contributed by atoms with Crippen molar-refractivity contribution in [2.45, 2.75) is 19.0 Å². The molecule has 2 aromatic rings. The van der Waals surface area contributed by atoms with Crippen LogP contribution < -0.4 is 5.32 Å². The van der Waals surface area contributed by atoms with Crippen LogP contribution in [0.5, 0.6) is 0 Å². The van der Waals surface area contributed by atoms with Gasteiger partial charge in [-0.2, -0.15) is 0 Å². The Morgan fingerprint density at radius 1 is 1.14 bits per heavy atom. The van der Waals surface area contributed by atoms with Crippen LogP contribution in [0.25, 0.3) is 0 Å². The standard InChI is InChI=1S/C15H15N3O2S/c1-9-8-13(18-15(16-9)21-3)14(20)17-12-6-4-11(5-7-12)10(2)19/h4-8H,1-3H3,(H,17,20). The molecule has 2 rings (SSSR count). The van der Waals surface area contributed by atoms with Gasteiger partial charge in [0.15, 0.2) is 10.9 Å². The van der Waals surface area contributed by atoms with Crippen molar-refractivity contribution >= 4 is 29.1 Å². The molecular formula is C15H15N3O2S. The number of hydrogen-bond donors (Lipinski definition) is 1. The van der Waals surface area contributed by atoms with E-state index in [-0.39, 0.29) is 11.7 Å². The van der Waals surface area contributed by atoms with Crippen molar-refractivity contribution in [3.8, 4) is 0 Å². The van der Waals surface area contributed by atoms with Crippen LogP contribution in [0.1, 0.15) is 33.5 Å². The first-order valence-corrected chi connectivity index (χ1v) is 7.54. The maximum Gasteiger partial charge on any atom is 0.274 e. The minimum absolute atomic E-state index is 0.0103. The Morgan fingerprint density at radius 3 is 2.38 bits per heavy atom. The predicted molar refractivity (Wildman–Crippen MR) is 82.9 cm³/mol. The number of ketones is 1. The first kappa shape index (κ1) is 15.2. The molecule has 0 bridgehead atoms. The summed E-state index contributed by atoms with van der Waals surface area (Å²) >= 11 is 1.39. The summed E-state index contributed by atoms with van der Waals surface area (Å²) in [6.07, 6.45) is 1.86. The maximum absolute atomic E-state index is 12.2. The summed E-state index contributed by atoms with van der Waals surface area (Å²) in [7, 11) is 0. The van der Waals surface area contributed by atoms with E-state index in [1.54, 1.807) is 30.3 Å². The van der Waals surface area contributed by atoms with E-state index in [4.69, 9.17) is 0 Å². The summed E-state index contributed by atoms with van der Waals surface area (Å²) in [5.74, 6) is -0.310. The van der Waals surface area contributed by atoms with Crippen molar-refractivity contribution in [1.82, 2.24) is 9.97 Å². The highest BCUT2D eigenvalue weighted by Crippen LogP contribution is 2.14. The van der Waals surface area contributed by atoms with E-state index in [0.29, 0.717) is 22.1 Å². The Bertz CT molecular complexity index is 684. The first-order chi connectivity index (χ1) is 9.99. The van der Waals surface area contributed by atoms with Gasteiger partial charge in [0, 0.05) is 16.9 Å². The normalized spacial score (nSPS) is 10.2. The Morgan fingerprint density at radius 2 is 1.81 bits per heavy atom. The van der Waals surface area contributed by atoms with Gasteiger partial charge in [0.05, 0.1) is 0 Å². The van der Waals surface area contributed by atoms with Gasteiger partial charge in [-0.3, -0.25) is 9.59 Å². The number of aryl methyl sites for hydroxylation is 1. The average molecular weight is 301 g/mol. The number of thioether (sulfide) groups is 1. The van der Waals surface area contributed by atoms with Gasteiger partial charge in [0.2, 0.25) is 0 Å². The molecule has 1 N–H and O–H groups in total. The van der Waals surface area contributed by atoms with Gasteiger partial charge in [0.1, 0.15) is 5.69 Å². The van der Waals surface area contributed by atoms with Crippen molar-refractivity contribution in [1.29, 1.82) is 0 Å². The second-order valence-corrected chi connectivity index (χ2v) is 5.24. The van der Waals surface area contributed by atoms with Crippen LogP contribution in [0.15, 0.2) is 35.5 Å². The molecule has 0 aliphatic rings. The zero-order valence-electron chi connectivity index (χ0n) is 12.0. The molecule has 0 spiro atoms. The molecule has 1 heterocycles. The number of carbonyl (C=O) groups excluding carboxylic acids is 2. The molecule has 0 atom stereocenters. The fourth-order valence-electron chi connectivity index (χ4n) is 1.73.